The number of hydrogen-bond acceptors (Lipinski definition) is 5. The number of fused-ring (bicyclic) bond motifs is 1. The normalized spacial score (nSPS) is 34.2. The summed E-state index contributed by atoms with van der Waals surface area (Å²) in [5.74, 6) is 1.53. The van der Waals surface area contributed by atoms with Crippen molar-refractivity contribution >= 4 is 0 Å². The summed E-state index contributed by atoms with van der Waals surface area (Å²) in [6, 6.07) is 0. The highest BCUT2D eigenvalue weighted by molar-refractivity contribution is 5.38. The fraction of sp³-hybridized carbons (Fsp3) is 0.818. The Morgan fingerprint density at radius 3 is 2.37 bits per heavy atom. The molecule has 3 rings (SSSR count). The Hall–Kier alpha value is -0.980. The topological polar surface area (TPSA) is 101 Å². The van der Waals surface area contributed by atoms with E-state index in [1.54, 1.807) is 13.8 Å². The van der Waals surface area contributed by atoms with E-state index in [2.05, 4.69) is 25.7 Å². The van der Waals surface area contributed by atoms with Crippen molar-refractivity contribution < 1.29 is 25.5 Å². The zero-order valence-electron chi connectivity index (χ0n) is 24.0. The van der Waals surface area contributed by atoms with Crippen LogP contribution in [0.4, 0.5) is 0 Å². The molecule has 0 bridgehead atoms. The standard InChI is InChI=1S/C32H54O5.CH4/c1-21-24(19-25(33)20-28(21)34)12-11-22-10-8-18-32(6)26(22)14-15-27(32)23(9-7-17-30(2,3)36)13-16-29(35)31(4,5)37;/h11-12,23,25-29,33-37H,1,7-10,13-20H2,2-6H3;1H4/b22-11+,24-12-;/t23-,25-,26+,27-,28+,29-,32+;/m1./s1. The Balaban J connectivity index is 0.00000507. The van der Waals surface area contributed by atoms with Crippen molar-refractivity contribution in [3.63, 3.8) is 0 Å². The number of rotatable bonds is 10. The molecule has 0 heterocycles. The number of aliphatic hydroxyl groups excluding tert-OH is 3. The lowest BCUT2D eigenvalue weighted by Gasteiger charge is -2.45. The predicted octanol–water partition coefficient (Wildman–Crippen LogP) is 6.23. The lowest BCUT2D eigenvalue weighted by atomic mass is 9.60. The third-order valence-electron chi connectivity index (χ3n) is 9.86. The molecular formula is C33H58O5. The van der Waals surface area contributed by atoms with E-state index in [1.807, 2.05) is 13.8 Å². The van der Waals surface area contributed by atoms with Gasteiger partial charge in [0.25, 0.3) is 0 Å². The molecule has 0 saturated heterocycles. The van der Waals surface area contributed by atoms with Gasteiger partial charge >= 0.3 is 0 Å². The fourth-order valence-electron chi connectivity index (χ4n) is 7.59. The zero-order valence-corrected chi connectivity index (χ0v) is 24.0. The summed E-state index contributed by atoms with van der Waals surface area (Å²) in [7, 11) is 0. The second-order valence-corrected chi connectivity index (χ2v) is 13.9. The molecule has 0 aliphatic heterocycles. The second kappa shape index (κ2) is 13.1. The Labute approximate surface area is 232 Å². The maximum absolute atomic E-state index is 10.6. The zero-order chi connectivity index (χ0) is 27.6. The quantitative estimate of drug-likeness (QED) is 0.229. The van der Waals surface area contributed by atoms with Crippen LogP contribution >= 0.6 is 0 Å². The van der Waals surface area contributed by atoms with Gasteiger partial charge in [-0.25, -0.2) is 0 Å². The Morgan fingerprint density at radius 2 is 1.74 bits per heavy atom. The first kappa shape index (κ1) is 33.2. The van der Waals surface area contributed by atoms with E-state index in [1.165, 1.54) is 24.8 Å². The van der Waals surface area contributed by atoms with Crippen LogP contribution in [0.15, 0.2) is 35.5 Å². The molecule has 3 saturated carbocycles. The molecule has 3 aliphatic rings. The second-order valence-electron chi connectivity index (χ2n) is 13.9. The van der Waals surface area contributed by atoms with Gasteiger partial charge in [0.2, 0.25) is 0 Å². The van der Waals surface area contributed by atoms with Crippen LogP contribution in [0.5, 0.6) is 0 Å². The lowest BCUT2D eigenvalue weighted by Crippen LogP contribution is -2.39. The van der Waals surface area contributed by atoms with E-state index in [-0.39, 0.29) is 12.8 Å². The van der Waals surface area contributed by atoms with Crippen LogP contribution in [0.1, 0.15) is 119 Å². The highest BCUT2D eigenvalue weighted by Crippen LogP contribution is 2.60. The highest BCUT2D eigenvalue weighted by Gasteiger charge is 2.51. The monoisotopic (exact) mass is 534 g/mol. The molecule has 7 atom stereocenters. The molecule has 5 nitrogen and oxygen atoms in total. The molecule has 0 aromatic rings. The van der Waals surface area contributed by atoms with E-state index in [0.29, 0.717) is 37.0 Å². The van der Waals surface area contributed by atoms with Crippen molar-refractivity contribution in [3.05, 3.63) is 35.5 Å². The predicted molar refractivity (Wildman–Crippen MR) is 157 cm³/mol. The van der Waals surface area contributed by atoms with E-state index in [0.717, 1.165) is 49.7 Å². The van der Waals surface area contributed by atoms with Crippen molar-refractivity contribution in [1.82, 2.24) is 0 Å². The summed E-state index contributed by atoms with van der Waals surface area (Å²) in [5.41, 5.74) is 1.62. The van der Waals surface area contributed by atoms with Gasteiger partial charge in [0.05, 0.1) is 29.5 Å². The first-order valence-electron chi connectivity index (χ1n) is 14.7. The molecule has 0 aromatic carbocycles. The van der Waals surface area contributed by atoms with Gasteiger partial charge in [-0.2, -0.15) is 0 Å². The third-order valence-corrected chi connectivity index (χ3v) is 9.86. The smallest absolute Gasteiger partial charge is 0.0849 e. The van der Waals surface area contributed by atoms with Gasteiger partial charge in [0.1, 0.15) is 0 Å². The van der Waals surface area contributed by atoms with Crippen LogP contribution in [-0.4, -0.2) is 55.0 Å². The maximum Gasteiger partial charge on any atom is 0.0849 e. The van der Waals surface area contributed by atoms with Gasteiger partial charge in [-0.15, -0.1) is 0 Å². The van der Waals surface area contributed by atoms with Gasteiger partial charge in [-0.1, -0.05) is 51.5 Å². The molecule has 3 fully saturated rings. The average Bonchev–Trinajstić information content (AvgIpc) is 3.13. The Bertz CT molecular complexity index is 844. The van der Waals surface area contributed by atoms with Crippen molar-refractivity contribution in [2.75, 3.05) is 0 Å². The molecular weight excluding hydrogens is 476 g/mol. The first-order chi connectivity index (χ1) is 17.1. The van der Waals surface area contributed by atoms with Crippen LogP contribution in [0.3, 0.4) is 0 Å². The largest absolute Gasteiger partial charge is 0.393 e. The van der Waals surface area contributed by atoms with Crippen LogP contribution in [-0.2, 0) is 0 Å². The minimum Gasteiger partial charge on any atom is -0.393 e. The molecule has 0 amide bonds. The minimum absolute atomic E-state index is 0. The number of allylic oxidation sites excluding steroid dienone is 3. The van der Waals surface area contributed by atoms with E-state index in [9.17, 15) is 25.5 Å². The molecule has 0 aromatic heterocycles. The van der Waals surface area contributed by atoms with Gasteiger partial charge in [-0.05, 0) is 120 Å². The molecule has 3 aliphatic carbocycles. The summed E-state index contributed by atoms with van der Waals surface area (Å²) in [6.07, 6.45) is 13.4. The van der Waals surface area contributed by atoms with Crippen molar-refractivity contribution in [3.8, 4) is 0 Å². The summed E-state index contributed by atoms with van der Waals surface area (Å²) >= 11 is 0. The Morgan fingerprint density at radius 1 is 1.05 bits per heavy atom. The molecule has 5 N–H and O–H groups in total. The Kier molecular flexibility index (Phi) is 11.5. The SMILES string of the molecule is C.C=C1/C(=C\C=C2/CCC[C@]3(C)[C@@H]([C@H](CCCC(C)(C)O)CC[C@@H](O)C(C)(C)O)CC[C@@H]23)C[C@@H](O)C[C@@H]1O. The molecule has 220 valence electrons. The lowest BCUT2D eigenvalue weighted by molar-refractivity contribution is -0.0563. The number of hydrogen-bond donors (Lipinski definition) is 5. The van der Waals surface area contributed by atoms with Crippen LogP contribution < -0.4 is 0 Å². The molecule has 0 radical (unpaired) electrons. The summed E-state index contributed by atoms with van der Waals surface area (Å²) < 4.78 is 0. The highest BCUT2D eigenvalue weighted by atomic mass is 16.3. The summed E-state index contributed by atoms with van der Waals surface area (Å²) in [4.78, 5) is 0. The molecule has 38 heavy (non-hydrogen) atoms. The maximum atomic E-state index is 10.6. The average molecular weight is 535 g/mol. The van der Waals surface area contributed by atoms with Crippen molar-refractivity contribution in [1.29, 1.82) is 0 Å². The van der Waals surface area contributed by atoms with Crippen molar-refractivity contribution in [2.24, 2.45) is 23.2 Å². The molecule has 5 heteroatoms. The van der Waals surface area contributed by atoms with Crippen LogP contribution in [0, 0.1) is 23.2 Å². The van der Waals surface area contributed by atoms with Gasteiger partial charge in [-0.3, -0.25) is 0 Å². The third kappa shape index (κ3) is 8.27. The minimum atomic E-state index is -1.10. The van der Waals surface area contributed by atoms with Crippen molar-refractivity contribution in [2.45, 2.75) is 149 Å². The van der Waals surface area contributed by atoms with E-state index >= 15 is 0 Å². The molecule has 0 spiro atoms. The van der Waals surface area contributed by atoms with Gasteiger partial charge in [0, 0.05) is 6.42 Å². The molecule has 0 unspecified atom stereocenters. The van der Waals surface area contributed by atoms with Crippen LogP contribution in [0.25, 0.3) is 0 Å². The van der Waals surface area contributed by atoms with Crippen LogP contribution in [0.2, 0.25) is 0 Å². The summed E-state index contributed by atoms with van der Waals surface area (Å²) in [6.45, 7) is 13.7. The fourth-order valence-corrected chi connectivity index (χ4v) is 7.59. The first-order valence-corrected chi connectivity index (χ1v) is 14.7. The van der Waals surface area contributed by atoms with E-state index < -0.39 is 29.5 Å². The van der Waals surface area contributed by atoms with Gasteiger partial charge < -0.3 is 25.5 Å². The van der Waals surface area contributed by atoms with Gasteiger partial charge in [0.15, 0.2) is 0 Å². The van der Waals surface area contributed by atoms with E-state index in [4.69, 9.17) is 0 Å². The summed E-state index contributed by atoms with van der Waals surface area (Å²) in [5, 5.41) is 51.5. The number of aliphatic hydroxyl groups is 5.